The summed E-state index contributed by atoms with van der Waals surface area (Å²) in [5.74, 6) is -1.17. The average molecular weight is 481 g/mol. The highest BCUT2D eigenvalue weighted by molar-refractivity contribution is 5.95. The van der Waals surface area contributed by atoms with Crippen molar-refractivity contribution in [3.8, 4) is 17.3 Å². The first kappa shape index (κ1) is 22.9. The number of nitro groups is 1. The highest BCUT2D eigenvalue weighted by atomic mass is 19.1. The van der Waals surface area contributed by atoms with Crippen LogP contribution in [0.1, 0.15) is 35.2 Å². The lowest BCUT2D eigenvalue weighted by molar-refractivity contribution is -0.389. The van der Waals surface area contributed by atoms with Crippen LogP contribution in [0.25, 0.3) is 11.3 Å². The number of rotatable bonds is 6. The van der Waals surface area contributed by atoms with Gasteiger partial charge in [0.2, 0.25) is 0 Å². The zero-order valence-corrected chi connectivity index (χ0v) is 19.0. The molecular weight excluding hydrogens is 455 g/mol. The summed E-state index contributed by atoms with van der Waals surface area (Å²) in [6, 6.07) is 8.73. The van der Waals surface area contributed by atoms with Crippen molar-refractivity contribution in [2.24, 2.45) is 0 Å². The number of ether oxygens (including phenoxy) is 1. The van der Waals surface area contributed by atoms with E-state index in [9.17, 15) is 19.3 Å². The second-order valence-electron chi connectivity index (χ2n) is 8.80. The van der Waals surface area contributed by atoms with Crippen LogP contribution < -0.4 is 10.1 Å². The van der Waals surface area contributed by atoms with Crippen molar-refractivity contribution in [2.45, 2.75) is 38.4 Å². The third-order valence-electron chi connectivity index (χ3n) is 6.39. The van der Waals surface area contributed by atoms with Crippen molar-refractivity contribution in [3.63, 3.8) is 0 Å². The van der Waals surface area contributed by atoms with E-state index in [0.717, 1.165) is 24.8 Å². The summed E-state index contributed by atoms with van der Waals surface area (Å²) in [5, 5.41) is 13.8. The van der Waals surface area contributed by atoms with Gasteiger partial charge in [0, 0.05) is 49.0 Å². The maximum absolute atomic E-state index is 14.6. The van der Waals surface area contributed by atoms with E-state index in [-0.39, 0.29) is 29.3 Å². The summed E-state index contributed by atoms with van der Waals surface area (Å²) in [6.45, 7) is 2.80. The molecule has 0 unspecified atom stereocenters. The zero-order valence-electron chi connectivity index (χ0n) is 19.0. The van der Waals surface area contributed by atoms with E-state index in [1.807, 2.05) is 12.1 Å². The molecule has 3 heterocycles. The number of hydrogen-bond donors (Lipinski definition) is 1. The Labute approximate surface area is 200 Å². The number of nitrogens with one attached hydrogen (secondary N) is 1. The summed E-state index contributed by atoms with van der Waals surface area (Å²) in [4.78, 5) is 33.3. The molecule has 1 aliphatic carbocycles. The topological polar surface area (TPSA) is 115 Å². The van der Waals surface area contributed by atoms with E-state index in [1.54, 1.807) is 16.8 Å². The van der Waals surface area contributed by atoms with Gasteiger partial charge in [-0.05, 0) is 47.9 Å². The van der Waals surface area contributed by atoms with E-state index >= 15 is 0 Å². The normalized spacial score (nSPS) is 16.4. The third kappa shape index (κ3) is 5.14. The van der Waals surface area contributed by atoms with Crippen LogP contribution in [0.4, 0.5) is 10.2 Å². The minimum Gasteiger partial charge on any atom is -0.444 e. The molecule has 2 aliphatic rings. The molecule has 0 spiro atoms. The molecular formula is C24H25FN6O4. The van der Waals surface area contributed by atoms with Crippen molar-refractivity contribution in [3.05, 3.63) is 69.8 Å². The van der Waals surface area contributed by atoms with Crippen molar-refractivity contribution < 1.29 is 18.8 Å². The van der Waals surface area contributed by atoms with Gasteiger partial charge in [-0.1, -0.05) is 12.1 Å². The number of nitrogens with zero attached hydrogens (tertiary/aromatic N) is 5. The zero-order chi connectivity index (χ0) is 24.4. The van der Waals surface area contributed by atoms with Crippen LogP contribution in [-0.2, 0) is 13.1 Å². The number of halogens is 1. The summed E-state index contributed by atoms with van der Waals surface area (Å²) in [5.41, 5.74) is 2.24. The van der Waals surface area contributed by atoms with Crippen molar-refractivity contribution >= 4 is 11.7 Å². The van der Waals surface area contributed by atoms with Crippen LogP contribution >= 0.6 is 0 Å². The van der Waals surface area contributed by atoms with Gasteiger partial charge in [0.05, 0.1) is 11.3 Å². The molecule has 35 heavy (non-hydrogen) atoms. The first-order valence-corrected chi connectivity index (χ1v) is 11.6. The maximum atomic E-state index is 14.6. The molecule has 182 valence electrons. The quantitative estimate of drug-likeness (QED) is 0.426. The standard InChI is InChI=1S/C24H25FN6O4/c25-20-12-17(5-6-19(20)23(32)27-18-2-1-3-18)21-7-4-16(13-26-21)14-29-8-9-30-15-22(31(33)34)28-24(30)35-11-10-29/h4-7,12-13,15,18H,1-3,8-11,14H2,(H,27,32). The van der Waals surface area contributed by atoms with Gasteiger partial charge in [0.1, 0.15) is 18.6 Å². The predicted octanol–water partition coefficient (Wildman–Crippen LogP) is 3.17. The van der Waals surface area contributed by atoms with Gasteiger partial charge in [0.15, 0.2) is 0 Å². The van der Waals surface area contributed by atoms with Crippen LogP contribution in [0.3, 0.4) is 0 Å². The first-order chi connectivity index (χ1) is 17.0. The Morgan fingerprint density at radius 1 is 1.23 bits per heavy atom. The Morgan fingerprint density at radius 2 is 2.09 bits per heavy atom. The Morgan fingerprint density at radius 3 is 2.77 bits per heavy atom. The van der Waals surface area contributed by atoms with Crippen LogP contribution in [0.15, 0.2) is 42.7 Å². The van der Waals surface area contributed by atoms with Gasteiger partial charge >= 0.3 is 11.8 Å². The van der Waals surface area contributed by atoms with Gasteiger partial charge in [-0.25, -0.2) is 4.39 Å². The van der Waals surface area contributed by atoms with Crippen molar-refractivity contribution in [2.75, 3.05) is 19.7 Å². The molecule has 1 saturated carbocycles. The fourth-order valence-electron chi connectivity index (χ4n) is 4.16. The highest BCUT2D eigenvalue weighted by Gasteiger charge is 2.24. The SMILES string of the molecule is O=C(NC1CCC1)c1ccc(-c2ccc(CN3CCOc4nc([N+](=O)[O-])cn4CC3)cn2)cc1F. The lowest BCUT2D eigenvalue weighted by Crippen LogP contribution is -2.39. The summed E-state index contributed by atoms with van der Waals surface area (Å²) >= 11 is 0. The fraction of sp³-hybridized carbons (Fsp3) is 0.375. The average Bonchev–Trinajstić information content (AvgIpc) is 3.21. The summed E-state index contributed by atoms with van der Waals surface area (Å²) in [6.07, 6.45) is 6.11. The molecule has 1 fully saturated rings. The maximum Gasteiger partial charge on any atom is 0.414 e. The summed E-state index contributed by atoms with van der Waals surface area (Å²) in [7, 11) is 0. The number of carbonyl (C=O) groups is 1. The van der Waals surface area contributed by atoms with E-state index < -0.39 is 10.7 Å². The van der Waals surface area contributed by atoms with Crippen molar-refractivity contribution in [1.82, 2.24) is 24.8 Å². The first-order valence-electron chi connectivity index (χ1n) is 11.6. The molecule has 1 aliphatic heterocycles. The van der Waals surface area contributed by atoms with Crippen LogP contribution in [0.5, 0.6) is 6.01 Å². The fourth-order valence-corrected chi connectivity index (χ4v) is 4.16. The molecule has 0 atom stereocenters. The van der Waals surface area contributed by atoms with Crippen LogP contribution in [0, 0.1) is 15.9 Å². The van der Waals surface area contributed by atoms with E-state index in [4.69, 9.17) is 4.74 Å². The van der Waals surface area contributed by atoms with Crippen LogP contribution in [-0.4, -0.2) is 56.0 Å². The molecule has 0 saturated heterocycles. The van der Waals surface area contributed by atoms with Gasteiger partial charge in [-0.3, -0.25) is 19.2 Å². The monoisotopic (exact) mass is 480 g/mol. The van der Waals surface area contributed by atoms with E-state index in [1.165, 1.54) is 18.3 Å². The van der Waals surface area contributed by atoms with Gasteiger partial charge in [-0.2, -0.15) is 0 Å². The number of hydrogen-bond acceptors (Lipinski definition) is 7. The van der Waals surface area contributed by atoms with Gasteiger partial charge < -0.3 is 20.2 Å². The van der Waals surface area contributed by atoms with Gasteiger partial charge in [-0.15, -0.1) is 0 Å². The highest BCUT2D eigenvalue weighted by Crippen LogP contribution is 2.23. The Balaban J connectivity index is 1.21. The van der Waals surface area contributed by atoms with E-state index in [0.29, 0.717) is 44.0 Å². The molecule has 5 rings (SSSR count). The molecule has 0 bridgehead atoms. The minimum atomic E-state index is -0.565. The molecule has 3 aromatic rings. The van der Waals surface area contributed by atoms with Gasteiger partial charge in [0.25, 0.3) is 5.91 Å². The van der Waals surface area contributed by atoms with Crippen molar-refractivity contribution in [1.29, 1.82) is 0 Å². The lowest BCUT2D eigenvalue weighted by Gasteiger charge is -2.26. The Bertz CT molecular complexity index is 1240. The predicted molar refractivity (Wildman–Crippen MR) is 124 cm³/mol. The number of aromatic nitrogens is 3. The number of benzene rings is 1. The molecule has 0 radical (unpaired) electrons. The smallest absolute Gasteiger partial charge is 0.414 e. The van der Waals surface area contributed by atoms with E-state index in [2.05, 4.69) is 20.2 Å². The van der Waals surface area contributed by atoms with Crippen LogP contribution in [0.2, 0.25) is 0 Å². The molecule has 10 nitrogen and oxygen atoms in total. The molecule has 1 N–H and O–H groups in total. The molecule has 2 aromatic heterocycles. The number of fused-ring (bicyclic) bond motifs is 1. The number of pyridine rings is 1. The molecule has 11 heteroatoms. The number of amides is 1. The largest absolute Gasteiger partial charge is 0.444 e. The second-order valence-corrected chi connectivity index (χ2v) is 8.80. The second kappa shape index (κ2) is 9.79. The molecule has 1 aromatic carbocycles. The third-order valence-corrected chi connectivity index (χ3v) is 6.39. The molecule has 1 amide bonds. The lowest BCUT2D eigenvalue weighted by atomic mass is 9.93. The number of imidazole rings is 1. The minimum absolute atomic E-state index is 0.0444. The Hall–Kier alpha value is -3.86. The Kier molecular flexibility index (Phi) is 6.41. The number of carbonyl (C=O) groups excluding carboxylic acids is 1. The summed E-state index contributed by atoms with van der Waals surface area (Å²) < 4.78 is 21.9.